The largest absolute Gasteiger partial charge is 0.331 e. The van der Waals surface area contributed by atoms with Crippen LogP contribution in [0, 0.1) is 6.92 Å². The molecule has 2 aromatic heterocycles. The minimum absolute atomic E-state index is 0.0250. The third-order valence-electron chi connectivity index (χ3n) is 3.90. The topological polar surface area (TPSA) is 73.9 Å². The number of urea groups is 1. The highest BCUT2D eigenvalue weighted by atomic mass is 32.1. The van der Waals surface area contributed by atoms with Crippen molar-refractivity contribution in [3.05, 3.63) is 33.5 Å². The van der Waals surface area contributed by atoms with Crippen molar-refractivity contribution in [1.82, 2.24) is 25.4 Å². The van der Waals surface area contributed by atoms with Crippen molar-refractivity contribution in [2.45, 2.75) is 45.7 Å². The highest BCUT2D eigenvalue weighted by molar-refractivity contribution is 7.12. The molecular formula is C15H21N5OS. The van der Waals surface area contributed by atoms with E-state index >= 15 is 0 Å². The van der Waals surface area contributed by atoms with Crippen LogP contribution < -0.4 is 5.32 Å². The molecule has 0 aliphatic carbocycles. The zero-order valence-corrected chi connectivity index (χ0v) is 13.7. The van der Waals surface area contributed by atoms with Gasteiger partial charge in [0.25, 0.3) is 0 Å². The van der Waals surface area contributed by atoms with E-state index in [0.29, 0.717) is 12.4 Å². The van der Waals surface area contributed by atoms with Gasteiger partial charge in [0.1, 0.15) is 5.82 Å². The number of aryl methyl sites for hydroxylation is 2. The lowest BCUT2D eigenvalue weighted by Crippen LogP contribution is -2.39. The Kier molecular flexibility index (Phi) is 4.42. The van der Waals surface area contributed by atoms with E-state index in [4.69, 9.17) is 0 Å². The molecule has 2 N–H and O–H groups in total. The molecule has 0 aromatic carbocycles. The standard InChI is InChI=1S/C15H21N5OS/c1-3-13-17-14(19-18-13)9-16-15(21)20-8-4-5-11(20)12-7-6-10(2)22-12/h6-7,11H,3-5,8-9H2,1-2H3,(H,16,21)(H,17,18,19). The normalized spacial score (nSPS) is 17.9. The fourth-order valence-electron chi connectivity index (χ4n) is 2.77. The molecule has 0 bridgehead atoms. The minimum Gasteiger partial charge on any atom is -0.331 e. The molecule has 1 aliphatic rings. The summed E-state index contributed by atoms with van der Waals surface area (Å²) in [6.07, 6.45) is 2.88. The summed E-state index contributed by atoms with van der Waals surface area (Å²) in [6, 6.07) is 4.44. The summed E-state index contributed by atoms with van der Waals surface area (Å²) >= 11 is 1.78. The van der Waals surface area contributed by atoms with E-state index in [1.165, 1.54) is 9.75 Å². The maximum atomic E-state index is 12.4. The number of amides is 2. The number of hydrogen-bond acceptors (Lipinski definition) is 4. The molecule has 1 aliphatic heterocycles. The predicted octanol–water partition coefficient (Wildman–Crippen LogP) is 2.78. The number of rotatable bonds is 4. The van der Waals surface area contributed by atoms with Crippen molar-refractivity contribution in [2.75, 3.05) is 6.54 Å². The van der Waals surface area contributed by atoms with Crippen LogP contribution in [0.3, 0.4) is 0 Å². The summed E-state index contributed by atoms with van der Waals surface area (Å²) in [4.78, 5) is 21.2. The van der Waals surface area contributed by atoms with Gasteiger partial charge in [0.2, 0.25) is 0 Å². The van der Waals surface area contributed by atoms with E-state index in [0.717, 1.165) is 31.6 Å². The molecule has 2 aromatic rings. The quantitative estimate of drug-likeness (QED) is 0.910. The molecule has 6 nitrogen and oxygen atoms in total. The molecule has 1 unspecified atom stereocenters. The molecule has 1 saturated heterocycles. The zero-order valence-electron chi connectivity index (χ0n) is 12.9. The Bertz CT molecular complexity index is 650. The Labute approximate surface area is 133 Å². The van der Waals surface area contributed by atoms with Gasteiger partial charge in [0.05, 0.1) is 12.6 Å². The summed E-state index contributed by atoms with van der Waals surface area (Å²) in [5.74, 6) is 1.48. The van der Waals surface area contributed by atoms with Gasteiger partial charge < -0.3 is 10.2 Å². The van der Waals surface area contributed by atoms with Gasteiger partial charge in [-0.25, -0.2) is 9.78 Å². The lowest BCUT2D eigenvalue weighted by molar-refractivity contribution is 0.193. The Hall–Kier alpha value is -1.89. The molecule has 1 fully saturated rings. The number of nitrogens with one attached hydrogen (secondary N) is 2. The number of likely N-dealkylation sites (tertiary alicyclic amines) is 1. The lowest BCUT2D eigenvalue weighted by atomic mass is 10.2. The van der Waals surface area contributed by atoms with Crippen molar-refractivity contribution < 1.29 is 4.79 Å². The van der Waals surface area contributed by atoms with Crippen molar-refractivity contribution in [2.24, 2.45) is 0 Å². The first kappa shape index (κ1) is 15.0. The summed E-state index contributed by atoms with van der Waals surface area (Å²) in [5, 5.41) is 9.88. The molecule has 3 heterocycles. The first-order chi connectivity index (χ1) is 10.7. The highest BCUT2D eigenvalue weighted by Crippen LogP contribution is 2.35. The highest BCUT2D eigenvalue weighted by Gasteiger charge is 2.30. The van der Waals surface area contributed by atoms with Crippen molar-refractivity contribution in [1.29, 1.82) is 0 Å². The van der Waals surface area contributed by atoms with E-state index in [1.54, 1.807) is 11.3 Å². The van der Waals surface area contributed by atoms with Gasteiger partial charge in [0, 0.05) is 22.7 Å². The van der Waals surface area contributed by atoms with Crippen LogP contribution in [0.4, 0.5) is 4.79 Å². The third-order valence-corrected chi connectivity index (χ3v) is 5.01. The number of aromatic nitrogens is 3. The van der Waals surface area contributed by atoms with Gasteiger partial charge in [-0.1, -0.05) is 6.92 Å². The summed E-state index contributed by atoms with van der Waals surface area (Å²) in [7, 11) is 0. The number of H-pyrrole nitrogens is 1. The molecule has 22 heavy (non-hydrogen) atoms. The number of aromatic amines is 1. The van der Waals surface area contributed by atoms with Crippen LogP contribution in [0.25, 0.3) is 0 Å². The lowest BCUT2D eigenvalue weighted by Gasteiger charge is -2.24. The van der Waals surface area contributed by atoms with Crippen LogP contribution in [0.15, 0.2) is 12.1 Å². The fourth-order valence-corrected chi connectivity index (χ4v) is 3.80. The zero-order chi connectivity index (χ0) is 15.5. The first-order valence-electron chi connectivity index (χ1n) is 7.68. The van der Waals surface area contributed by atoms with Crippen molar-refractivity contribution >= 4 is 17.4 Å². The summed E-state index contributed by atoms with van der Waals surface area (Å²) < 4.78 is 0. The molecule has 7 heteroatoms. The van der Waals surface area contributed by atoms with Crippen LogP contribution in [0.2, 0.25) is 0 Å². The van der Waals surface area contributed by atoms with Crippen LogP contribution >= 0.6 is 11.3 Å². The SMILES string of the molecule is CCc1n[nH]c(CNC(=O)N2CCCC2c2ccc(C)s2)n1. The second-order valence-electron chi connectivity index (χ2n) is 5.51. The van der Waals surface area contributed by atoms with Gasteiger partial charge in [-0.3, -0.25) is 5.10 Å². The summed E-state index contributed by atoms with van der Waals surface area (Å²) in [6.45, 7) is 5.30. The molecular weight excluding hydrogens is 298 g/mol. The van der Waals surface area contributed by atoms with Gasteiger partial charge in [-0.05, 0) is 31.9 Å². The second kappa shape index (κ2) is 6.48. The molecule has 0 radical (unpaired) electrons. The van der Waals surface area contributed by atoms with Crippen molar-refractivity contribution in [3.63, 3.8) is 0 Å². The molecule has 118 valence electrons. The van der Waals surface area contributed by atoms with Crippen LogP contribution in [-0.4, -0.2) is 32.7 Å². The Morgan fingerprint density at radius 1 is 1.55 bits per heavy atom. The van der Waals surface area contributed by atoms with Crippen LogP contribution in [0.5, 0.6) is 0 Å². The van der Waals surface area contributed by atoms with E-state index in [-0.39, 0.29) is 12.1 Å². The molecule has 3 rings (SSSR count). The predicted molar refractivity (Wildman–Crippen MR) is 85.7 cm³/mol. The number of carbonyl (C=O) groups is 1. The van der Waals surface area contributed by atoms with E-state index in [9.17, 15) is 4.79 Å². The summed E-state index contributed by atoms with van der Waals surface area (Å²) in [5.41, 5.74) is 0. The smallest absolute Gasteiger partial charge is 0.318 e. The number of carbonyl (C=O) groups excluding carboxylic acids is 1. The van der Waals surface area contributed by atoms with Crippen LogP contribution in [-0.2, 0) is 13.0 Å². The van der Waals surface area contributed by atoms with Gasteiger partial charge in [0.15, 0.2) is 5.82 Å². The van der Waals surface area contributed by atoms with Gasteiger partial charge in [-0.2, -0.15) is 5.10 Å². The van der Waals surface area contributed by atoms with Crippen molar-refractivity contribution in [3.8, 4) is 0 Å². The maximum absolute atomic E-state index is 12.4. The van der Waals surface area contributed by atoms with E-state index in [1.807, 2.05) is 11.8 Å². The molecule has 0 spiro atoms. The number of thiophene rings is 1. The molecule has 1 atom stereocenters. The minimum atomic E-state index is -0.0250. The first-order valence-corrected chi connectivity index (χ1v) is 8.50. The molecule has 0 saturated carbocycles. The average Bonchev–Trinajstić information content (AvgIpc) is 3.24. The third kappa shape index (κ3) is 3.14. The van der Waals surface area contributed by atoms with E-state index in [2.05, 4.69) is 39.6 Å². The number of hydrogen-bond donors (Lipinski definition) is 2. The fraction of sp³-hybridized carbons (Fsp3) is 0.533. The van der Waals surface area contributed by atoms with Gasteiger partial charge >= 0.3 is 6.03 Å². The second-order valence-corrected chi connectivity index (χ2v) is 6.83. The maximum Gasteiger partial charge on any atom is 0.318 e. The number of nitrogens with zero attached hydrogens (tertiary/aromatic N) is 3. The Morgan fingerprint density at radius 2 is 2.41 bits per heavy atom. The Morgan fingerprint density at radius 3 is 3.09 bits per heavy atom. The Balaban J connectivity index is 1.61. The van der Waals surface area contributed by atoms with E-state index < -0.39 is 0 Å². The molecule has 2 amide bonds. The monoisotopic (exact) mass is 319 g/mol. The van der Waals surface area contributed by atoms with Crippen LogP contribution in [0.1, 0.15) is 47.2 Å². The van der Waals surface area contributed by atoms with Gasteiger partial charge in [-0.15, -0.1) is 11.3 Å². The average molecular weight is 319 g/mol.